The number of halogens is 2. The zero-order valence-electron chi connectivity index (χ0n) is 10.4. The Labute approximate surface area is 115 Å². The van der Waals surface area contributed by atoms with E-state index < -0.39 is 5.82 Å². The molecular weight excluding hydrogens is 269 g/mol. The molecule has 0 spiro atoms. The van der Waals surface area contributed by atoms with Crippen LogP contribution in [0.4, 0.5) is 4.39 Å². The van der Waals surface area contributed by atoms with E-state index in [1.165, 1.54) is 12.1 Å². The number of ether oxygens (including phenoxy) is 1. The lowest BCUT2D eigenvalue weighted by molar-refractivity contribution is 0.253. The third kappa shape index (κ3) is 3.43. The fourth-order valence-electron chi connectivity index (χ4n) is 1.63. The molecule has 0 amide bonds. The van der Waals surface area contributed by atoms with E-state index in [0.29, 0.717) is 17.0 Å². The SMILES string of the molecule is Cc1ccc(OCc2ccc(Cl)c(F)c2)c(CO)n1. The van der Waals surface area contributed by atoms with Gasteiger partial charge in [-0.25, -0.2) is 4.39 Å². The quantitative estimate of drug-likeness (QED) is 0.935. The molecule has 1 aromatic heterocycles. The zero-order valence-corrected chi connectivity index (χ0v) is 11.1. The van der Waals surface area contributed by atoms with Gasteiger partial charge in [-0.2, -0.15) is 0 Å². The first-order chi connectivity index (χ1) is 9.10. The molecule has 1 heterocycles. The smallest absolute Gasteiger partial charge is 0.143 e. The number of nitrogens with zero attached hydrogens (tertiary/aromatic N) is 1. The molecule has 0 radical (unpaired) electrons. The number of aliphatic hydroxyl groups excluding tert-OH is 1. The van der Waals surface area contributed by atoms with Gasteiger partial charge in [0.25, 0.3) is 0 Å². The lowest BCUT2D eigenvalue weighted by Crippen LogP contribution is -2.02. The highest BCUT2D eigenvalue weighted by Gasteiger charge is 2.06. The highest BCUT2D eigenvalue weighted by atomic mass is 35.5. The lowest BCUT2D eigenvalue weighted by atomic mass is 10.2. The van der Waals surface area contributed by atoms with Gasteiger partial charge in [0.05, 0.1) is 11.6 Å². The van der Waals surface area contributed by atoms with E-state index in [2.05, 4.69) is 4.98 Å². The Kier molecular flexibility index (Phi) is 4.35. The summed E-state index contributed by atoms with van der Waals surface area (Å²) in [6.45, 7) is 1.81. The minimum Gasteiger partial charge on any atom is -0.487 e. The first-order valence-electron chi connectivity index (χ1n) is 5.74. The molecular formula is C14H13ClFNO2. The summed E-state index contributed by atoms with van der Waals surface area (Å²) in [7, 11) is 0. The first kappa shape index (κ1) is 13.8. The molecule has 1 N–H and O–H groups in total. The summed E-state index contributed by atoms with van der Waals surface area (Å²) >= 11 is 5.60. The minimum absolute atomic E-state index is 0.0804. The van der Waals surface area contributed by atoms with Crippen molar-refractivity contribution >= 4 is 11.6 Å². The van der Waals surface area contributed by atoms with E-state index in [9.17, 15) is 9.50 Å². The number of aryl methyl sites for hydroxylation is 1. The van der Waals surface area contributed by atoms with Crippen molar-refractivity contribution in [2.75, 3.05) is 0 Å². The van der Waals surface area contributed by atoms with Crippen LogP contribution in [0.5, 0.6) is 5.75 Å². The predicted molar refractivity (Wildman–Crippen MR) is 70.6 cm³/mol. The van der Waals surface area contributed by atoms with Crippen LogP contribution >= 0.6 is 11.6 Å². The van der Waals surface area contributed by atoms with Crippen LogP contribution in [-0.4, -0.2) is 10.1 Å². The van der Waals surface area contributed by atoms with E-state index in [-0.39, 0.29) is 18.2 Å². The highest BCUT2D eigenvalue weighted by Crippen LogP contribution is 2.20. The molecule has 0 unspecified atom stereocenters. The molecule has 19 heavy (non-hydrogen) atoms. The average molecular weight is 282 g/mol. The van der Waals surface area contributed by atoms with Crippen molar-refractivity contribution in [1.29, 1.82) is 0 Å². The summed E-state index contributed by atoms with van der Waals surface area (Å²) in [6.07, 6.45) is 0. The number of aliphatic hydroxyl groups is 1. The molecule has 100 valence electrons. The summed E-state index contributed by atoms with van der Waals surface area (Å²) in [5, 5.41) is 9.28. The fraction of sp³-hybridized carbons (Fsp3) is 0.214. The number of aromatic nitrogens is 1. The third-order valence-corrected chi connectivity index (χ3v) is 2.91. The molecule has 3 nitrogen and oxygen atoms in total. The van der Waals surface area contributed by atoms with Crippen LogP contribution in [-0.2, 0) is 13.2 Å². The van der Waals surface area contributed by atoms with Crippen molar-refractivity contribution in [3.63, 3.8) is 0 Å². The second-order valence-electron chi connectivity index (χ2n) is 4.09. The van der Waals surface area contributed by atoms with Crippen LogP contribution in [0.2, 0.25) is 5.02 Å². The molecule has 0 atom stereocenters. The van der Waals surface area contributed by atoms with Gasteiger partial charge in [-0.1, -0.05) is 17.7 Å². The fourth-order valence-corrected chi connectivity index (χ4v) is 1.75. The van der Waals surface area contributed by atoms with Gasteiger partial charge in [0.2, 0.25) is 0 Å². The van der Waals surface area contributed by atoms with Crippen molar-refractivity contribution < 1.29 is 14.2 Å². The van der Waals surface area contributed by atoms with E-state index in [1.54, 1.807) is 18.2 Å². The molecule has 0 fully saturated rings. The Morgan fingerprint density at radius 3 is 2.79 bits per heavy atom. The van der Waals surface area contributed by atoms with Gasteiger partial charge in [-0.05, 0) is 36.8 Å². The molecule has 2 aromatic rings. The van der Waals surface area contributed by atoms with Crippen molar-refractivity contribution in [2.45, 2.75) is 20.1 Å². The summed E-state index contributed by atoms with van der Waals surface area (Å²) in [4.78, 5) is 4.17. The van der Waals surface area contributed by atoms with Crippen molar-refractivity contribution in [3.8, 4) is 5.75 Å². The normalized spacial score (nSPS) is 10.5. The highest BCUT2D eigenvalue weighted by molar-refractivity contribution is 6.30. The van der Waals surface area contributed by atoms with E-state index in [0.717, 1.165) is 5.69 Å². The second-order valence-corrected chi connectivity index (χ2v) is 4.50. The number of rotatable bonds is 4. The van der Waals surface area contributed by atoms with Crippen LogP contribution in [0.15, 0.2) is 30.3 Å². The third-order valence-electron chi connectivity index (χ3n) is 2.60. The van der Waals surface area contributed by atoms with Gasteiger partial charge in [0.1, 0.15) is 23.9 Å². The zero-order chi connectivity index (χ0) is 13.8. The maximum absolute atomic E-state index is 13.3. The Bertz CT molecular complexity index is 590. The van der Waals surface area contributed by atoms with E-state index in [4.69, 9.17) is 16.3 Å². The van der Waals surface area contributed by atoms with Crippen LogP contribution < -0.4 is 4.74 Å². The molecule has 5 heteroatoms. The lowest BCUT2D eigenvalue weighted by Gasteiger charge is -2.10. The molecule has 1 aromatic carbocycles. The maximum atomic E-state index is 13.3. The largest absolute Gasteiger partial charge is 0.487 e. The molecule has 0 aliphatic rings. The van der Waals surface area contributed by atoms with Gasteiger partial charge in [0.15, 0.2) is 0 Å². The van der Waals surface area contributed by atoms with Crippen LogP contribution in [0, 0.1) is 12.7 Å². The van der Waals surface area contributed by atoms with Gasteiger partial charge < -0.3 is 9.84 Å². The average Bonchev–Trinajstić information content (AvgIpc) is 2.41. The van der Waals surface area contributed by atoms with Crippen molar-refractivity contribution in [1.82, 2.24) is 4.98 Å². The van der Waals surface area contributed by atoms with Gasteiger partial charge in [-0.3, -0.25) is 4.98 Å². The summed E-state index contributed by atoms with van der Waals surface area (Å²) in [5.74, 6) is 0.00985. The predicted octanol–water partition coefficient (Wildman–Crippen LogP) is 3.25. The number of hydrogen-bond acceptors (Lipinski definition) is 3. The van der Waals surface area contributed by atoms with E-state index in [1.807, 2.05) is 6.92 Å². The minimum atomic E-state index is -0.479. The summed E-state index contributed by atoms with van der Waals surface area (Å²) < 4.78 is 18.8. The first-order valence-corrected chi connectivity index (χ1v) is 6.12. The van der Waals surface area contributed by atoms with Crippen LogP contribution in [0.3, 0.4) is 0 Å². The van der Waals surface area contributed by atoms with E-state index >= 15 is 0 Å². The molecule has 2 rings (SSSR count). The molecule has 0 bridgehead atoms. The topological polar surface area (TPSA) is 42.4 Å². The monoisotopic (exact) mass is 281 g/mol. The molecule has 0 aliphatic carbocycles. The van der Waals surface area contributed by atoms with Crippen molar-refractivity contribution in [2.24, 2.45) is 0 Å². The Morgan fingerprint density at radius 1 is 1.32 bits per heavy atom. The molecule has 0 saturated heterocycles. The molecule has 0 saturated carbocycles. The standard InChI is InChI=1S/C14H13ClFNO2/c1-9-2-5-14(13(7-18)17-9)19-8-10-3-4-11(15)12(16)6-10/h2-6,18H,7-8H2,1H3. The summed E-state index contributed by atoms with van der Waals surface area (Å²) in [6, 6.07) is 8.02. The van der Waals surface area contributed by atoms with Gasteiger partial charge in [-0.15, -0.1) is 0 Å². The maximum Gasteiger partial charge on any atom is 0.143 e. The number of pyridine rings is 1. The Morgan fingerprint density at radius 2 is 2.11 bits per heavy atom. The van der Waals surface area contributed by atoms with Crippen LogP contribution in [0.25, 0.3) is 0 Å². The van der Waals surface area contributed by atoms with Gasteiger partial charge in [0, 0.05) is 5.69 Å². The number of hydrogen-bond donors (Lipinski definition) is 1. The van der Waals surface area contributed by atoms with Crippen LogP contribution in [0.1, 0.15) is 17.0 Å². The molecule has 0 aliphatic heterocycles. The van der Waals surface area contributed by atoms with Gasteiger partial charge >= 0.3 is 0 Å². The van der Waals surface area contributed by atoms with Crippen molar-refractivity contribution in [3.05, 3.63) is 58.1 Å². The Hall–Kier alpha value is -1.65. The number of benzene rings is 1. The summed E-state index contributed by atoms with van der Waals surface area (Å²) in [5.41, 5.74) is 1.93. The Balaban J connectivity index is 2.12. The second kappa shape index (κ2) is 5.99.